The third-order valence-electron chi connectivity index (χ3n) is 4.00. The molecule has 0 aromatic carbocycles. The number of hydrogen-bond donors (Lipinski definition) is 2. The maximum absolute atomic E-state index is 11.1. The standard InChI is InChI=1S/C16H28N6O.HI/c1-3-18-16(19-6-8-22-11-13(2)10-20-22)21-7-4-5-14(12-21)9-15(17)23;/h10-11,14H,3-9,12H2,1-2H3,(H2,17,23)(H,18,19);1H. The summed E-state index contributed by atoms with van der Waals surface area (Å²) in [6.45, 7) is 8.19. The summed E-state index contributed by atoms with van der Waals surface area (Å²) in [6, 6.07) is 0. The summed E-state index contributed by atoms with van der Waals surface area (Å²) in [4.78, 5) is 18.1. The van der Waals surface area contributed by atoms with Crippen LogP contribution in [0.5, 0.6) is 0 Å². The number of aryl methyl sites for hydroxylation is 1. The first-order valence-electron chi connectivity index (χ1n) is 8.39. The Morgan fingerprint density at radius 3 is 2.96 bits per heavy atom. The summed E-state index contributed by atoms with van der Waals surface area (Å²) in [5.74, 6) is 1.04. The Morgan fingerprint density at radius 1 is 1.54 bits per heavy atom. The van der Waals surface area contributed by atoms with Gasteiger partial charge in [-0.15, -0.1) is 24.0 Å². The highest BCUT2D eigenvalue weighted by atomic mass is 127. The van der Waals surface area contributed by atoms with Gasteiger partial charge >= 0.3 is 0 Å². The maximum Gasteiger partial charge on any atom is 0.217 e. The molecule has 1 aliphatic heterocycles. The first-order chi connectivity index (χ1) is 11.1. The molecule has 0 radical (unpaired) electrons. The monoisotopic (exact) mass is 448 g/mol. The van der Waals surface area contributed by atoms with E-state index in [1.165, 1.54) is 0 Å². The average Bonchev–Trinajstić information content (AvgIpc) is 2.91. The number of nitrogens with one attached hydrogen (secondary N) is 1. The van der Waals surface area contributed by atoms with Gasteiger partial charge in [-0.1, -0.05) is 0 Å². The minimum atomic E-state index is -0.215. The van der Waals surface area contributed by atoms with E-state index in [4.69, 9.17) is 10.7 Å². The number of likely N-dealkylation sites (tertiary alicyclic amines) is 1. The van der Waals surface area contributed by atoms with Crippen LogP contribution in [0.15, 0.2) is 17.4 Å². The van der Waals surface area contributed by atoms with Crippen LogP contribution in [0.3, 0.4) is 0 Å². The number of nitrogens with two attached hydrogens (primary N) is 1. The number of piperidine rings is 1. The number of carbonyl (C=O) groups is 1. The molecule has 0 saturated carbocycles. The van der Waals surface area contributed by atoms with Crippen LogP contribution in [0.4, 0.5) is 0 Å². The second-order valence-corrected chi connectivity index (χ2v) is 6.14. The number of hydrogen-bond acceptors (Lipinski definition) is 3. The lowest BCUT2D eigenvalue weighted by molar-refractivity contribution is -0.119. The van der Waals surface area contributed by atoms with Crippen molar-refractivity contribution in [2.75, 3.05) is 26.2 Å². The number of nitrogens with zero attached hydrogens (tertiary/aromatic N) is 4. The predicted molar refractivity (Wildman–Crippen MR) is 106 cm³/mol. The topological polar surface area (TPSA) is 88.5 Å². The Kier molecular flexibility index (Phi) is 9.09. The highest BCUT2D eigenvalue weighted by Gasteiger charge is 2.23. The van der Waals surface area contributed by atoms with Crippen molar-refractivity contribution < 1.29 is 4.79 Å². The number of aromatic nitrogens is 2. The van der Waals surface area contributed by atoms with Crippen molar-refractivity contribution in [2.45, 2.75) is 39.7 Å². The zero-order valence-electron chi connectivity index (χ0n) is 14.6. The van der Waals surface area contributed by atoms with Crippen molar-refractivity contribution in [1.29, 1.82) is 0 Å². The Morgan fingerprint density at radius 2 is 2.33 bits per heavy atom. The van der Waals surface area contributed by atoms with Gasteiger partial charge in [-0.25, -0.2) is 0 Å². The van der Waals surface area contributed by atoms with E-state index in [0.29, 0.717) is 18.9 Å². The van der Waals surface area contributed by atoms with Crippen LogP contribution in [0, 0.1) is 12.8 Å². The fraction of sp³-hybridized carbons (Fsp3) is 0.688. The number of carbonyl (C=O) groups excluding carboxylic acids is 1. The quantitative estimate of drug-likeness (QED) is 0.391. The number of rotatable bonds is 6. The maximum atomic E-state index is 11.1. The van der Waals surface area contributed by atoms with E-state index in [0.717, 1.165) is 50.5 Å². The molecule has 2 rings (SSSR count). The average molecular weight is 448 g/mol. The number of amides is 1. The molecule has 136 valence electrons. The molecule has 1 aromatic rings. The zero-order valence-corrected chi connectivity index (χ0v) is 16.9. The van der Waals surface area contributed by atoms with E-state index in [9.17, 15) is 4.79 Å². The van der Waals surface area contributed by atoms with Crippen LogP contribution < -0.4 is 11.1 Å². The van der Waals surface area contributed by atoms with Crippen LogP contribution in [0.2, 0.25) is 0 Å². The summed E-state index contributed by atoms with van der Waals surface area (Å²) in [5.41, 5.74) is 6.50. The van der Waals surface area contributed by atoms with Crippen LogP contribution in [-0.2, 0) is 11.3 Å². The number of guanidine groups is 1. The minimum Gasteiger partial charge on any atom is -0.370 e. The van der Waals surface area contributed by atoms with E-state index in [1.54, 1.807) is 0 Å². The van der Waals surface area contributed by atoms with Crippen molar-refractivity contribution in [2.24, 2.45) is 16.6 Å². The first-order valence-corrected chi connectivity index (χ1v) is 8.39. The molecule has 2 heterocycles. The van der Waals surface area contributed by atoms with Gasteiger partial charge in [0.1, 0.15) is 0 Å². The van der Waals surface area contributed by atoms with Crippen LogP contribution in [0.25, 0.3) is 0 Å². The Labute approximate surface area is 161 Å². The summed E-state index contributed by atoms with van der Waals surface area (Å²) in [7, 11) is 0. The van der Waals surface area contributed by atoms with Crippen molar-refractivity contribution in [3.05, 3.63) is 18.0 Å². The molecule has 8 heteroatoms. The number of halogens is 1. The third kappa shape index (κ3) is 6.66. The molecule has 1 amide bonds. The summed E-state index contributed by atoms with van der Waals surface area (Å²) >= 11 is 0. The van der Waals surface area contributed by atoms with Crippen molar-refractivity contribution in [3.8, 4) is 0 Å². The van der Waals surface area contributed by atoms with Crippen molar-refractivity contribution >= 4 is 35.8 Å². The molecule has 0 bridgehead atoms. The largest absolute Gasteiger partial charge is 0.370 e. The third-order valence-corrected chi connectivity index (χ3v) is 4.00. The second-order valence-electron chi connectivity index (χ2n) is 6.14. The molecule has 0 spiro atoms. The van der Waals surface area contributed by atoms with Crippen molar-refractivity contribution in [1.82, 2.24) is 20.0 Å². The zero-order chi connectivity index (χ0) is 16.7. The Bertz CT molecular complexity index is 544. The van der Waals surface area contributed by atoms with Gasteiger partial charge in [0, 0.05) is 32.3 Å². The lowest BCUT2D eigenvalue weighted by Crippen LogP contribution is -2.47. The normalized spacial score (nSPS) is 18.2. The van der Waals surface area contributed by atoms with Gasteiger partial charge in [0.2, 0.25) is 5.91 Å². The highest BCUT2D eigenvalue weighted by Crippen LogP contribution is 2.19. The van der Waals surface area contributed by atoms with Gasteiger partial charge in [0.05, 0.1) is 19.3 Å². The van der Waals surface area contributed by atoms with Crippen molar-refractivity contribution in [3.63, 3.8) is 0 Å². The fourth-order valence-corrected chi connectivity index (χ4v) is 2.98. The van der Waals surface area contributed by atoms with Crippen LogP contribution in [-0.4, -0.2) is 52.7 Å². The van der Waals surface area contributed by atoms with Gasteiger partial charge in [-0.05, 0) is 38.2 Å². The smallest absolute Gasteiger partial charge is 0.217 e. The molecular weight excluding hydrogens is 419 g/mol. The molecule has 7 nitrogen and oxygen atoms in total. The second kappa shape index (κ2) is 10.5. The predicted octanol–water partition coefficient (Wildman–Crippen LogP) is 1.36. The highest BCUT2D eigenvalue weighted by molar-refractivity contribution is 14.0. The van der Waals surface area contributed by atoms with E-state index < -0.39 is 0 Å². The molecule has 0 aliphatic carbocycles. The van der Waals surface area contributed by atoms with E-state index >= 15 is 0 Å². The first kappa shape index (κ1) is 20.7. The van der Waals surface area contributed by atoms with Crippen LogP contribution in [0.1, 0.15) is 31.7 Å². The molecule has 1 fully saturated rings. The molecular formula is C16H29IN6O. The SMILES string of the molecule is CCNC(=NCCn1cc(C)cn1)N1CCCC(CC(N)=O)C1.I. The van der Waals surface area contributed by atoms with Gasteiger partial charge < -0.3 is 16.0 Å². The van der Waals surface area contributed by atoms with Gasteiger partial charge in [0.15, 0.2) is 5.96 Å². The molecule has 3 N–H and O–H groups in total. The molecule has 24 heavy (non-hydrogen) atoms. The molecule has 1 atom stereocenters. The minimum absolute atomic E-state index is 0. The van der Waals surface area contributed by atoms with E-state index in [2.05, 4.69) is 22.2 Å². The fourth-order valence-electron chi connectivity index (χ4n) is 2.98. The summed E-state index contributed by atoms with van der Waals surface area (Å²) in [5, 5.41) is 7.63. The summed E-state index contributed by atoms with van der Waals surface area (Å²) in [6.07, 6.45) is 6.47. The molecule has 1 aliphatic rings. The molecule has 1 saturated heterocycles. The van der Waals surface area contributed by atoms with Crippen LogP contribution >= 0.6 is 24.0 Å². The Hall–Kier alpha value is -1.32. The number of primary amides is 1. The van der Waals surface area contributed by atoms with E-state index in [1.807, 2.05) is 24.0 Å². The van der Waals surface area contributed by atoms with Gasteiger partial charge in [0.25, 0.3) is 0 Å². The van der Waals surface area contributed by atoms with E-state index in [-0.39, 0.29) is 29.9 Å². The lowest BCUT2D eigenvalue weighted by atomic mass is 9.95. The molecule has 1 aromatic heterocycles. The summed E-state index contributed by atoms with van der Waals surface area (Å²) < 4.78 is 1.91. The molecule has 1 unspecified atom stereocenters. The van der Waals surface area contributed by atoms with Gasteiger partial charge in [-0.3, -0.25) is 14.5 Å². The lowest BCUT2D eigenvalue weighted by Gasteiger charge is -2.34. The Balaban J connectivity index is 0.00000288. The number of aliphatic imine (C=N–C) groups is 1. The van der Waals surface area contributed by atoms with Gasteiger partial charge in [-0.2, -0.15) is 5.10 Å².